The van der Waals surface area contributed by atoms with Gasteiger partial charge in [0.05, 0.1) is 6.61 Å². The Balaban J connectivity index is 2.48. The van der Waals surface area contributed by atoms with Crippen LogP contribution in [-0.2, 0) is 4.74 Å². The number of piperidine rings is 1. The van der Waals surface area contributed by atoms with E-state index in [4.69, 9.17) is 4.74 Å². The first-order valence-corrected chi connectivity index (χ1v) is 7.14. The van der Waals surface area contributed by atoms with Gasteiger partial charge >= 0.3 is 0 Å². The third-order valence-electron chi connectivity index (χ3n) is 3.80. The van der Waals surface area contributed by atoms with Gasteiger partial charge in [0.15, 0.2) is 0 Å². The normalized spacial score (nSPS) is 28.2. The summed E-state index contributed by atoms with van der Waals surface area (Å²) in [5.41, 5.74) is 0. The highest BCUT2D eigenvalue weighted by atomic mass is 16.5. The first kappa shape index (κ1) is 14.9. The number of nitrogens with one attached hydrogen (secondary N) is 1. The lowest BCUT2D eigenvalue weighted by Gasteiger charge is -2.42. The van der Waals surface area contributed by atoms with Gasteiger partial charge in [-0.25, -0.2) is 0 Å². The highest BCUT2D eigenvalue weighted by molar-refractivity contribution is 4.84. The largest absolute Gasteiger partial charge is 0.383 e. The van der Waals surface area contributed by atoms with Crippen molar-refractivity contribution in [2.24, 2.45) is 5.92 Å². The van der Waals surface area contributed by atoms with Crippen LogP contribution < -0.4 is 5.32 Å². The fourth-order valence-electron chi connectivity index (χ4n) is 2.74. The molecule has 0 aromatic rings. The van der Waals surface area contributed by atoms with E-state index >= 15 is 0 Å². The summed E-state index contributed by atoms with van der Waals surface area (Å²) in [7, 11) is 1.81. The molecule has 102 valence electrons. The number of ether oxygens (including phenoxy) is 1. The summed E-state index contributed by atoms with van der Waals surface area (Å²) in [5.74, 6) is 0.830. The van der Waals surface area contributed by atoms with Crippen LogP contribution in [0.15, 0.2) is 0 Å². The second-order valence-electron chi connectivity index (χ2n) is 5.54. The Labute approximate surface area is 107 Å². The van der Waals surface area contributed by atoms with E-state index in [-0.39, 0.29) is 0 Å². The second-order valence-corrected chi connectivity index (χ2v) is 5.54. The lowest BCUT2D eigenvalue weighted by Crippen LogP contribution is -2.53. The van der Waals surface area contributed by atoms with Crippen molar-refractivity contribution < 1.29 is 4.74 Å². The molecule has 0 aromatic carbocycles. The molecule has 3 nitrogen and oxygen atoms in total. The molecule has 3 unspecified atom stereocenters. The van der Waals surface area contributed by atoms with Crippen LogP contribution in [-0.4, -0.2) is 50.3 Å². The van der Waals surface area contributed by atoms with Crippen LogP contribution in [0, 0.1) is 5.92 Å². The summed E-state index contributed by atoms with van der Waals surface area (Å²) in [4.78, 5) is 2.64. The molecule has 1 aliphatic rings. The molecule has 0 aromatic heterocycles. The Hall–Kier alpha value is -0.120. The average Bonchev–Trinajstić information content (AvgIpc) is 2.32. The van der Waals surface area contributed by atoms with Gasteiger partial charge in [-0.2, -0.15) is 0 Å². The lowest BCUT2D eigenvalue weighted by atomic mass is 9.93. The van der Waals surface area contributed by atoms with Crippen molar-refractivity contribution in [3.8, 4) is 0 Å². The van der Waals surface area contributed by atoms with Crippen molar-refractivity contribution in [2.45, 2.75) is 52.1 Å². The van der Waals surface area contributed by atoms with E-state index in [0.29, 0.717) is 12.1 Å². The maximum Gasteiger partial charge on any atom is 0.0630 e. The van der Waals surface area contributed by atoms with Crippen LogP contribution in [0.5, 0.6) is 0 Å². The summed E-state index contributed by atoms with van der Waals surface area (Å²) in [6.07, 6.45) is 3.90. The second kappa shape index (κ2) is 8.06. The van der Waals surface area contributed by atoms with Crippen molar-refractivity contribution >= 4 is 0 Å². The molecule has 0 aliphatic carbocycles. The summed E-state index contributed by atoms with van der Waals surface area (Å²) in [5, 5.41) is 3.53. The van der Waals surface area contributed by atoms with Crippen LogP contribution in [0.25, 0.3) is 0 Å². The molecule has 0 spiro atoms. The van der Waals surface area contributed by atoms with Gasteiger partial charge in [0.25, 0.3) is 0 Å². The summed E-state index contributed by atoms with van der Waals surface area (Å²) >= 11 is 0. The van der Waals surface area contributed by atoms with Crippen molar-refractivity contribution in [1.29, 1.82) is 0 Å². The molecule has 1 N–H and O–H groups in total. The van der Waals surface area contributed by atoms with Gasteiger partial charge in [0.2, 0.25) is 0 Å². The molecular formula is C14H30N2O. The molecule has 1 fully saturated rings. The minimum Gasteiger partial charge on any atom is -0.383 e. The Morgan fingerprint density at radius 2 is 2.12 bits per heavy atom. The van der Waals surface area contributed by atoms with E-state index in [2.05, 4.69) is 31.0 Å². The van der Waals surface area contributed by atoms with Gasteiger partial charge in [-0.3, -0.25) is 4.90 Å². The molecule has 0 saturated carbocycles. The highest BCUT2D eigenvalue weighted by Gasteiger charge is 2.28. The number of nitrogens with zero attached hydrogens (tertiary/aromatic N) is 1. The third kappa shape index (κ3) is 4.94. The summed E-state index contributed by atoms with van der Waals surface area (Å²) in [6.45, 7) is 11.2. The minimum absolute atomic E-state index is 0.532. The van der Waals surface area contributed by atoms with Crippen LogP contribution in [0.2, 0.25) is 0 Å². The topological polar surface area (TPSA) is 24.5 Å². The quantitative estimate of drug-likeness (QED) is 0.692. The van der Waals surface area contributed by atoms with Crippen molar-refractivity contribution in [3.63, 3.8) is 0 Å². The number of hydrogen-bond acceptors (Lipinski definition) is 3. The Morgan fingerprint density at radius 3 is 2.76 bits per heavy atom. The van der Waals surface area contributed by atoms with Gasteiger partial charge < -0.3 is 10.1 Å². The van der Waals surface area contributed by atoms with E-state index in [9.17, 15) is 0 Å². The standard InChI is InChI=1S/C14H30N2O/c1-5-8-15-9-14(11-17-4)16-10-12(2)6-7-13(16)3/h12-15H,5-11H2,1-4H3. The molecule has 17 heavy (non-hydrogen) atoms. The van der Waals surface area contributed by atoms with Gasteiger partial charge in [0, 0.05) is 32.3 Å². The molecule has 1 saturated heterocycles. The summed E-state index contributed by atoms with van der Waals surface area (Å²) in [6, 6.07) is 1.24. The number of rotatable bonds is 7. The zero-order chi connectivity index (χ0) is 12.7. The number of methoxy groups -OCH3 is 1. The SMILES string of the molecule is CCCNCC(COC)N1CC(C)CCC1C. The predicted octanol–water partition coefficient (Wildman–Crippen LogP) is 2.12. The average molecular weight is 242 g/mol. The van der Waals surface area contributed by atoms with Crippen LogP contribution >= 0.6 is 0 Å². The number of hydrogen-bond donors (Lipinski definition) is 1. The van der Waals surface area contributed by atoms with E-state index in [1.165, 1.54) is 25.8 Å². The maximum absolute atomic E-state index is 5.39. The molecule has 3 heteroatoms. The van der Waals surface area contributed by atoms with Crippen molar-refractivity contribution in [1.82, 2.24) is 10.2 Å². The van der Waals surface area contributed by atoms with Crippen LogP contribution in [0.1, 0.15) is 40.0 Å². The highest BCUT2D eigenvalue weighted by Crippen LogP contribution is 2.23. The van der Waals surface area contributed by atoms with Crippen molar-refractivity contribution in [2.75, 3.05) is 33.4 Å². The first-order chi connectivity index (χ1) is 8.19. The zero-order valence-electron chi connectivity index (χ0n) is 12.0. The molecule has 1 heterocycles. The minimum atomic E-state index is 0.532. The van der Waals surface area contributed by atoms with Crippen molar-refractivity contribution in [3.05, 3.63) is 0 Å². The van der Waals surface area contributed by atoms with Gasteiger partial charge in [-0.15, -0.1) is 0 Å². The first-order valence-electron chi connectivity index (χ1n) is 7.14. The third-order valence-corrected chi connectivity index (χ3v) is 3.80. The van der Waals surface area contributed by atoms with Gasteiger partial charge in [-0.1, -0.05) is 13.8 Å². The maximum atomic E-state index is 5.39. The van der Waals surface area contributed by atoms with Gasteiger partial charge in [-0.05, 0) is 38.6 Å². The molecule has 1 rings (SSSR count). The monoisotopic (exact) mass is 242 g/mol. The van der Waals surface area contributed by atoms with E-state index in [1.54, 1.807) is 0 Å². The Morgan fingerprint density at radius 1 is 1.35 bits per heavy atom. The summed E-state index contributed by atoms with van der Waals surface area (Å²) < 4.78 is 5.39. The Kier molecular flexibility index (Phi) is 7.09. The van der Waals surface area contributed by atoms with Crippen LogP contribution in [0.4, 0.5) is 0 Å². The molecule has 0 bridgehead atoms. The molecule has 0 radical (unpaired) electrons. The Bertz CT molecular complexity index is 199. The lowest BCUT2D eigenvalue weighted by molar-refractivity contribution is 0.0305. The van der Waals surface area contributed by atoms with E-state index < -0.39 is 0 Å². The van der Waals surface area contributed by atoms with Gasteiger partial charge in [0.1, 0.15) is 0 Å². The fraction of sp³-hybridized carbons (Fsp3) is 1.00. The van der Waals surface area contributed by atoms with E-state index in [0.717, 1.165) is 25.6 Å². The fourth-order valence-corrected chi connectivity index (χ4v) is 2.74. The molecular weight excluding hydrogens is 212 g/mol. The predicted molar refractivity (Wildman–Crippen MR) is 73.4 cm³/mol. The van der Waals surface area contributed by atoms with E-state index in [1.807, 2.05) is 7.11 Å². The molecule has 1 aliphatic heterocycles. The number of likely N-dealkylation sites (tertiary alicyclic amines) is 1. The smallest absolute Gasteiger partial charge is 0.0630 e. The molecule has 0 amide bonds. The van der Waals surface area contributed by atoms with Crippen LogP contribution in [0.3, 0.4) is 0 Å². The molecule has 3 atom stereocenters. The zero-order valence-corrected chi connectivity index (χ0v) is 12.0.